The van der Waals surface area contributed by atoms with E-state index < -0.39 is 5.97 Å². The summed E-state index contributed by atoms with van der Waals surface area (Å²) in [6.45, 7) is 0. The zero-order chi connectivity index (χ0) is 15.4. The van der Waals surface area contributed by atoms with Crippen molar-refractivity contribution >= 4 is 28.9 Å². The Kier molecular flexibility index (Phi) is 4.31. The van der Waals surface area contributed by atoms with Gasteiger partial charge in [0.2, 0.25) is 0 Å². The minimum Gasteiger partial charge on any atom is -0.496 e. The van der Waals surface area contributed by atoms with Gasteiger partial charge in [-0.2, -0.15) is 5.26 Å². The summed E-state index contributed by atoms with van der Waals surface area (Å²) >= 11 is 5.96. The van der Waals surface area contributed by atoms with Crippen LogP contribution in [0.5, 0.6) is 5.75 Å². The molecule has 0 atom stereocenters. The molecule has 5 nitrogen and oxygen atoms in total. The zero-order valence-electron chi connectivity index (χ0n) is 11.1. The number of hydrogen-bond acceptors (Lipinski definition) is 4. The first-order chi connectivity index (χ1) is 10.0. The van der Waals surface area contributed by atoms with E-state index in [-0.39, 0.29) is 11.3 Å². The van der Waals surface area contributed by atoms with Crippen LogP contribution in [0.15, 0.2) is 36.4 Å². The lowest BCUT2D eigenvalue weighted by Crippen LogP contribution is -2.01. The highest BCUT2D eigenvalue weighted by Gasteiger charge is 2.11. The number of aromatic carboxylic acids is 1. The Morgan fingerprint density at radius 2 is 1.95 bits per heavy atom. The summed E-state index contributed by atoms with van der Waals surface area (Å²) in [6.07, 6.45) is 0. The van der Waals surface area contributed by atoms with E-state index in [4.69, 9.17) is 26.7 Å². The number of methoxy groups -OCH3 is 1. The van der Waals surface area contributed by atoms with Gasteiger partial charge in [-0.05, 0) is 30.3 Å². The van der Waals surface area contributed by atoms with Gasteiger partial charge in [-0.15, -0.1) is 0 Å². The Morgan fingerprint density at radius 1 is 1.29 bits per heavy atom. The summed E-state index contributed by atoms with van der Waals surface area (Å²) < 4.78 is 5.06. The van der Waals surface area contributed by atoms with Gasteiger partial charge in [0.15, 0.2) is 0 Å². The van der Waals surface area contributed by atoms with Gasteiger partial charge >= 0.3 is 5.97 Å². The van der Waals surface area contributed by atoms with E-state index in [0.717, 1.165) is 0 Å². The quantitative estimate of drug-likeness (QED) is 0.900. The molecule has 0 aliphatic heterocycles. The van der Waals surface area contributed by atoms with E-state index in [1.807, 2.05) is 6.07 Å². The molecule has 0 bridgehead atoms. The molecule has 0 spiro atoms. The third kappa shape index (κ3) is 3.25. The van der Waals surface area contributed by atoms with Crippen LogP contribution in [-0.2, 0) is 0 Å². The molecular weight excluding hydrogens is 292 g/mol. The van der Waals surface area contributed by atoms with Gasteiger partial charge in [0.25, 0.3) is 0 Å². The van der Waals surface area contributed by atoms with E-state index in [2.05, 4.69) is 5.32 Å². The lowest BCUT2D eigenvalue weighted by molar-refractivity contribution is 0.0693. The van der Waals surface area contributed by atoms with Crippen LogP contribution in [-0.4, -0.2) is 18.2 Å². The van der Waals surface area contributed by atoms with Crippen LogP contribution >= 0.6 is 11.6 Å². The predicted molar refractivity (Wildman–Crippen MR) is 79.4 cm³/mol. The van der Waals surface area contributed by atoms with Crippen molar-refractivity contribution in [2.75, 3.05) is 12.4 Å². The van der Waals surface area contributed by atoms with Gasteiger partial charge in [0, 0.05) is 17.4 Å². The number of carboxylic acid groups (broad SMARTS) is 1. The molecule has 2 aromatic rings. The average molecular weight is 303 g/mol. The molecule has 0 aliphatic rings. The normalized spacial score (nSPS) is 9.76. The lowest BCUT2D eigenvalue weighted by Gasteiger charge is -2.10. The standard InChI is InChI=1S/C15H11ClN2O3/c1-21-14-7-11(4-5-12(14)15(19)20)18-10-3-2-9(8-17)13(16)6-10/h2-7,18H,1H3,(H,19,20). The fourth-order valence-electron chi connectivity index (χ4n) is 1.80. The fraction of sp³-hybridized carbons (Fsp3) is 0.0667. The van der Waals surface area contributed by atoms with Gasteiger partial charge in [0.1, 0.15) is 17.4 Å². The summed E-state index contributed by atoms with van der Waals surface area (Å²) in [6, 6.07) is 11.6. The molecule has 2 rings (SSSR count). The van der Waals surface area contributed by atoms with Gasteiger partial charge in [-0.1, -0.05) is 11.6 Å². The van der Waals surface area contributed by atoms with Crippen molar-refractivity contribution in [2.24, 2.45) is 0 Å². The Balaban J connectivity index is 2.30. The SMILES string of the molecule is COc1cc(Nc2ccc(C#N)c(Cl)c2)ccc1C(=O)O. The maximum Gasteiger partial charge on any atom is 0.339 e. The van der Waals surface area contributed by atoms with Gasteiger partial charge in [-0.3, -0.25) is 0 Å². The highest BCUT2D eigenvalue weighted by Crippen LogP contribution is 2.27. The number of anilines is 2. The zero-order valence-corrected chi connectivity index (χ0v) is 11.8. The number of nitrogens with zero attached hydrogens (tertiary/aromatic N) is 1. The van der Waals surface area contributed by atoms with Crippen LogP contribution in [0, 0.1) is 11.3 Å². The Bertz CT molecular complexity index is 738. The Morgan fingerprint density at radius 3 is 2.52 bits per heavy atom. The maximum atomic E-state index is 11.0. The first-order valence-corrected chi connectivity index (χ1v) is 6.31. The van der Waals surface area contributed by atoms with E-state index in [1.54, 1.807) is 30.3 Å². The fourth-order valence-corrected chi connectivity index (χ4v) is 2.02. The summed E-state index contributed by atoms with van der Waals surface area (Å²) in [7, 11) is 1.41. The van der Waals surface area contributed by atoms with Gasteiger partial charge in [-0.25, -0.2) is 4.79 Å². The number of carbonyl (C=O) groups is 1. The van der Waals surface area contributed by atoms with Crippen molar-refractivity contribution in [3.8, 4) is 11.8 Å². The van der Waals surface area contributed by atoms with Crippen LogP contribution < -0.4 is 10.1 Å². The molecule has 2 N–H and O–H groups in total. The number of benzene rings is 2. The van der Waals surface area contributed by atoms with Gasteiger partial charge < -0.3 is 15.2 Å². The number of halogens is 1. The first kappa shape index (κ1) is 14.7. The second kappa shape index (κ2) is 6.16. The van der Waals surface area contributed by atoms with Crippen LogP contribution in [0.25, 0.3) is 0 Å². The molecule has 0 radical (unpaired) electrons. The number of nitrogens with one attached hydrogen (secondary N) is 1. The Labute approximate surface area is 126 Å². The number of rotatable bonds is 4. The van der Waals surface area contributed by atoms with E-state index in [1.165, 1.54) is 13.2 Å². The minimum atomic E-state index is -1.06. The molecule has 0 fully saturated rings. The van der Waals surface area contributed by atoms with E-state index in [9.17, 15) is 4.79 Å². The highest BCUT2D eigenvalue weighted by atomic mass is 35.5. The molecule has 106 valence electrons. The molecule has 0 amide bonds. The lowest BCUT2D eigenvalue weighted by atomic mass is 10.1. The molecule has 21 heavy (non-hydrogen) atoms. The largest absolute Gasteiger partial charge is 0.496 e. The van der Waals surface area contributed by atoms with Crippen molar-refractivity contribution < 1.29 is 14.6 Å². The summed E-state index contributed by atoms with van der Waals surface area (Å²) in [5, 5.41) is 21.3. The maximum absolute atomic E-state index is 11.0. The van der Waals surface area contributed by atoms with Crippen molar-refractivity contribution in [1.29, 1.82) is 5.26 Å². The highest BCUT2D eigenvalue weighted by molar-refractivity contribution is 6.32. The van der Waals surface area contributed by atoms with Gasteiger partial charge in [0.05, 0.1) is 17.7 Å². The number of hydrogen-bond donors (Lipinski definition) is 2. The third-order valence-electron chi connectivity index (χ3n) is 2.81. The molecule has 6 heteroatoms. The minimum absolute atomic E-state index is 0.0842. The second-order valence-corrected chi connectivity index (χ2v) is 4.56. The summed E-state index contributed by atoms with van der Waals surface area (Å²) in [5.41, 5.74) is 1.81. The smallest absolute Gasteiger partial charge is 0.339 e. The Hall–Kier alpha value is -2.71. The monoisotopic (exact) mass is 302 g/mol. The summed E-state index contributed by atoms with van der Waals surface area (Å²) in [4.78, 5) is 11.0. The van der Waals surface area contributed by atoms with E-state index in [0.29, 0.717) is 22.0 Å². The van der Waals surface area contributed by atoms with Crippen molar-refractivity contribution in [3.05, 3.63) is 52.5 Å². The topological polar surface area (TPSA) is 82.3 Å². The molecule has 0 heterocycles. The molecule has 0 aromatic heterocycles. The molecule has 0 saturated carbocycles. The van der Waals surface area contributed by atoms with Crippen LogP contribution in [0.2, 0.25) is 5.02 Å². The molecular formula is C15H11ClN2O3. The van der Waals surface area contributed by atoms with Crippen molar-refractivity contribution in [2.45, 2.75) is 0 Å². The van der Waals surface area contributed by atoms with Crippen LogP contribution in [0.4, 0.5) is 11.4 Å². The number of nitriles is 1. The van der Waals surface area contributed by atoms with E-state index >= 15 is 0 Å². The summed E-state index contributed by atoms with van der Waals surface area (Å²) in [5.74, 6) is -0.799. The molecule has 0 saturated heterocycles. The molecule has 0 aliphatic carbocycles. The number of ether oxygens (including phenoxy) is 1. The van der Waals surface area contributed by atoms with Crippen molar-refractivity contribution in [1.82, 2.24) is 0 Å². The van der Waals surface area contributed by atoms with Crippen LogP contribution in [0.3, 0.4) is 0 Å². The molecule has 2 aromatic carbocycles. The van der Waals surface area contributed by atoms with Crippen molar-refractivity contribution in [3.63, 3.8) is 0 Å². The number of carboxylic acids is 1. The predicted octanol–water partition coefficient (Wildman–Crippen LogP) is 3.66. The second-order valence-electron chi connectivity index (χ2n) is 4.15. The molecule has 0 unspecified atom stereocenters. The third-order valence-corrected chi connectivity index (χ3v) is 3.12. The first-order valence-electron chi connectivity index (χ1n) is 5.93. The average Bonchev–Trinajstić information content (AvgIpc) is 2.47. The van der Waals surface area contributed by atoms with Crippen LogP contribution in [0.1, 0.15) is 15.9 Å².